The summed E-state index contributed by atoms with van der Waals surface area (Å²) >= 11 is 0. The molecule has 1 fully saturated rings. The molecule has 0 saturated heterocycles. The molecule has 0 aliphatic heterocycles. The van der Waals surface area contributed by atoms with Crippen LogP contribution in [0, 0.1) is 0 Å². The second-order valence-corrected chi connectivity index (χ2v) is 6.00. The average Bonchev–Trinajstić information content (AvgIpc) is 3.31. The summed E-state index contributed by atoms with van der Waals surface area (Å²) in [5, 5.41) is 3.57. The molecule has 0 unspecified atom stereocenters. The van der Waals surface area contributed by atoms with Crippen molar-refractivity contribution in [3.8, 4) is 0 Å². The van der Waals surface area contributed by atoms with Gasteiger partial charge >= 0.3 is 0 Å². The summed E-state index contributed by atoms with van der Waals surface area (Å²) in [4.78, 5) is 6.40. The molecule has 0 amide bonds. The van der Waals surface area contributed by atoms with Crippen molar-refractivity contribution in [2.24, 2.45) is 0 Å². The van der Waals surface area contributed by atoms with Crippen molar-refractivity contribution >= 4 is 0 Å². The summed E-state index contributed by atoms with van der Waals surface area (Å²) in [5.74, 6) is 0. The van der Waals surface area contributed by atoms with Gasteiger partial charge in [-0.25, -0.2) is 0 Å². The topological polar surface area (TPSA) is 28.2 Å². The minimum absolute atomic E-state index is 0.767. The van der Waals surface area contributed by atoms with Crippen molar-refractivity contribution < 1.29 is 0 Å². The van der Waals surface area contributed by atoms with Gasteiger partial charge in [-0.05, 0) is 48.7 Å². The van der Waals surface area contributed by atoms with Gasteiger partial charge in [0, 0.05) is 38.1 Å². The Kier molecular flexibility index (Phi) is 4.63. The highest BCUT2D eigenvalue weighted by Crippen LogP contribution is 2.19. The van der Waals surface area contributed by atoms with E-state index < -0.39 is 0 Å². The van der Waals surface area contributed by atoms with E-state index >= 15 is 0 Å². The fourth-order valence-corrected chi connectivity index (χ4v) is 2.56. The second-order valence-electron chi connectivity index (χ2n) is 6.00. The summed E-state index contributed by atoms with van der Waals surface area (Å²) in [5.41, 5.74) is 4.07. The monoisotopic (exact) mass is 281 g/mol. The van der Waals surface area contributed by atoms with Gasteiger partial charge in [0.05, 0.1) is 0 Å². The first-order valence-electron chi connectivity index (χ1n) is 7.68. The highest BCUT2D eigenvalue weighted by Gasteiger charge is 2.19. The zero-order valence-electron chi connectivity index (χ0n) is 12.6. The standard InChI is InChI=1S/C18H23N3/c1-21(13-15-7-9-19-10-8-15)14-17-4-2-3-16(11-17)12-20-18-5-6-18/h2-4,7-11,18,20H,5-6,12-14H2,1H3. The van der Waals surface area contributed by atoms with Crippen LogP contribution >= 0.6 is 0 Å². The zero-order valence-corrected chi connectivity index (χ0v) is 12.6. The molecule has 1 aliphatic carbocycles. The van der Waals surface area contributed by atoms with Gasteiger partial charge < -0.3 is 5.32 Å². The molecule has 1 heterocycles. The Bertz CT molecular complexity index is 564. The number of hydrogen-bond acceptors (Lipinski definition) is 3. The number of nitrogens with one attached hydrogen (secondary N) is 1. The number of nitrogens with zero attached hydrogens (tertiary/aromatic N) is 2. The minimum Gasteiger partial charge on any atom is -0.310 e. The third-order valence-electron chi connectivity index (χ3n) is 3.82. The first-order valence-corrected chi connectivity index (χ1v) is 7.68. The van der Waals surface area contributed by atoms with Crippen molar-refractivity contribution in [1.29, 1.82) is 0 Å². The summed E-state index contributed by atoms with van der Waals surface area (Å²) in [7, 11) is 2.16. The lowest BCUT2D eigenvalue weighted by atomic mass is 10.1. The van der Waals surface area contributed by atoms with Crippen LogP contribution in [0.1, 0.15) is 29.5 Å². The van der Waals surface area contributed by atoms with Crippen LogP contribution in [0.15, 0.2) is 48.8 Å². The highest BCUT2D eigenvalue weighted by molar-refractivity contribution is 5.23. The van der Waals surface area contributed by atoms with Gasteiger partial charge in [0.1, 0.15) is 0 Å². The molecule has 0 bridgehead atoms. The molecule has 1 aromatic heterocycles. The Morgan fingerprint density at radius 1 is 1.05 bits per heavy atom. The molecule has 0 radical (unpaired) electrons. The summed E-state index contributed by atoms with van der Waals surface area (Å²) in [6.07, 6.45) is 6.39. The van der Waals surface area contributed by atoms with Gasteiger partial charge in [0.2, 0.25) is 0 Å². The van der Waals surface area contributed by atoms with E-state index in [1.165, 1.54) is 29.5 Å². The fraction of sp³-hybridized carbons (Fsp3) is 0.389. The Morgan fingerprint density at radius 3 is 2.52 bits per heavy atom. The van der Waals surface area contributed by atoms with Gasteiger partial charge in [-0.2, -0.15) is 0 Å². The smallest absolute Gasteiger partial charge is 0.0271 e. The molecule has 1 saturated carbocycles. The van der Waals surface area contributed by atoms with Gasteiger partial charge in [-0.3, -0.25) is 9.88 Å². The Labute approximate surface area is 127 Å². The lowest BCUT2D eigenvalue weighted by Crippen LogP contribution is -2.18. The van der Waals surface area contributed by atoms with E-state index in [2.05, 4.69) is 58.6 Å². The number of hydrogen-bond donors (Lipinski definition) is 1. The summed E-state index contributed by atoms with van der Waals surface area (Å²) < 4.78 is 0. The molecule has 1 N–H and O–H groups in total. The third-order valence-corrected chi connectivity index (χ3v) is 3.82. The van der Waals surface area contributed by atoms with E-state index in [4.69, 9.17) is 0 Å². The maximum absolute atomic E-state index is 4.06. The molecule has 3 nitrogen and oxygen atoms in total. The predicted molar refractivity (Wildman–Crippen MR) is 85.7 cm³/mol. The van der Waals surface area contributed by atoms with E-state index in [9.17, 15) is 0 Å². The summed E-state index contributed by atoms with van der Waals surface area (Å²) in [6, 6.07) is 13.8. The maximum atomic E-state index is 4.06. The first kappa shape index (κ1) is 14.2. The molecule has 2 aromatic rings. The first-order chi connectivity index (χ1) is 10.3. The van der Waals surface area contributed by atoms with Crippen LogP contribution in [-0.2, 0) is 19.6 Å². The lowest BCUT2D eigenvalue weighted by molar-refractivity contribution is 0.319. The van der Waals surface area contributed by atoms with Crippen molar-refractivity contribution in [3.05, 3.63) is 65.5 Å². The molecule has 110 valence electrons. The second kappa shape index (κ2) is 6.83. The summed E-state index contributed by atoms with van der Waals surface area (Å²) in [6.45, 7) is 2.92. The number of aromatic nitrogens is 1. The van der Waals surface area contributed by atoms with Crippen LogP contribution in [0.25, 0.3) is 0 Å². The minimum atomic E-state index is 0.767. The van der Waals surface area contributed by atoms with Crippen LogP contribution in [-0.4, -0.2) is 23.0 Å². The number of benzene rings is 1. The van der Waals surface area contributed by atoms with Crippen molar-refractivity contribution in [1.82, 2.24) is 15.2 Å². The molecule has 0 atom stereocenters. The quantitative estimate of drug-likeness (QED) is 0.845. The van der Waals surface area contributed by atoms with E-state index in [-0.39, 0.29) is 0 Å². The Balaban J connectivity index is 1.54. The van der Waals surface area contributed by atoms with E-state index in [1.54, 1.807) is 0 Å². The van der Waals surface area contributed by atoms with Gasteiger partial charge in [-0.1, -0.05) is 24.3 Å². The van der Waals surface area contributed by atoms with Crippen molar-refractivity contribution in [2.45, 2.75) is 38.5 Å². The molecule has 1 aromatic carbocycles. The lowest BCUT2D eigenvalue weighted by Gasteiger charge is -2.17. The molecular formula is C18H23N3. The fourth-order valence-electron chi connectivity index (χ4n) is 2.56. The van der Waals surface area contributed by atoms with Crippen LogP contribution < -0.4 is 5.32 Å². The maximum Gasteiger partial charge on any atom is 0.0271 e. The van der Waals surface area contributed by atoms with Crippen LogP contribution in [0.4, 0.5) is 0 Å². The van der Waals surface area contributed by atoms with Crippen molar-refractivity contribution in [3.63, 3.8) is 0 Å². The zero-order chi connectivity index (χ0) is 14.5. The van der Waals surface area contributed by atoms with Gasteiger partial charge in [-0.15, -0.1) is 0 Å². The molecule has 1 aliphatic rings. The molecule has 0 spiro atoms. The molecule has 3 heteroatoms. The molecular weight excluding hydrogens is 258 g/mol. The van der Waals surface area contributed by atoms with Crippen LogP contribution in [0.3, 0.4) is 0 Å². The van der Waals surface area contributed by atoms with E-state index in [0.717, 1.165) is 25.7 Å². The molecule has 3 rings (SSSR count). The Morgan fingerprint density at radius 2 is 1.76 bits per heavy atom. The largest absolute Gasteiger partial charge is 0.310 e. The normalized spacial score (nSPS) is 14.6. The van der Waals surface area contributed by atoms with E-state index in [0.29, 0.717) is 0 Å². The van der Waals surface area contributed by atoms with Crippen LogP contribution in [0.5, 0.6) is 0 Å². The SMILES string of the molecule is CN(Cc1ccncc1)Cc1cccc(CNC2CC2)c1. The average molecular weight is 281 g/mol. The molecule has 21 heavy (non-hydrogen) atoms. The van der Waals surface area contributed by atoms with E-state index in [1.807, 2.05) is 12.4 Å². The predicted octanol–water partition coefficient (Wildman–Crippen LogP) is 2.97. The third kappa shape index (κ3) is 4.66. The van der Waals surface area contributed by atoms with Gasteiger partial charge in [0.25, 0.3) is 0 Å². The van der Waals surface area contributed by atoms with Crippen LogP contribution in [0.2, 0.25) is 0 Å². The number of pyridine rings is 1. The highest BCUT2D eigenvalue weighted by atomic mass is 15.1. The van der Waals surface area contributed by atoms with Crippen molar-refractivity contribution in [2.75, 3.05) is 7.05 Å². The Hall–Kier alpha value is -1.71. The van der Waals surface area contributed by atoms with Gasteiger partial charge in [0.15, 0.2) is 0 Å². The number of rotatable bonds is 7.